The number of rotatable bonds is 4. The zero-order valence-electron chi connectivity index (χ0n) is 17.3. The highest BCUT2D eigenvalue weighted by Crippen LogP contribution is 2.32. The lowest BCUT2D eigenvalue weighted by Gasteiger charge is -2.28. The smallest absolute Gasteiger partial charge is 0.254 e. The summed E-state index contributed by atoms with van der Waals surface area (Å²) < 4.78 is 13.1. The van der Waals surface area contributed by atoms with Crippen LogP contribution in [0.25, 0.3) is 0 Å². The van der Waals surface area contributed by atoms with E-state index in [9.17, 15) is 18.8 Å². The highest BCUT2D eigenvalue weighted by Gasteiger charge is 2.36. The maximum Gasteiger partial charge on any atom is 0.254 e. The first-order valence-electron chi connectivity index (χ1n) is 10.9. The Balaban J connectivity index is 1.27. The van der Waals surface area contributed by atoms with Gasteiger partial charge in [-0.2, -0.15) is 0 Å². The number of carbonyl (C=O) groups is 2. The molecular weight excluding hydrogens is 399 g/mol. The van der Waals surface area contributed by atoms with E-state index < -0.39 is 0 Å². The second-order valence-corrected chi connectivity index (χ2v) is 8.79. The number of aromatic amines is 1. The minimum Gasteiger partial charge on any atom is -0.342 e. The molecule has 1 aliphatic carbocycles. The molecule has 0 radical (unpaired) electrons. The minimum absolute atomic E-state index is 0.0179. The maximum atomic E-state index is 13.1. The van der Waals surface area contributed by atoms with Crippen LogP contribution in [0.3, 0.4) is 0 Å². The van der Waals surface area contributed by atoms with Gasteiger partial charge in [0.1, 0.15) is 11.6 Å². The van der Waals surface area contributed by atoms with Crippen LogP contribution in [0, 0.1) is 11.7 Å². The second-order valence-electron chi connectivity index (χ2n) is 8.79. The van der Waals surface area contributed by atoms with Gasteiger partial charge in [-0.3, -0.25) is 14.4 Å². The Labute approximate surface area is 179 Å². The minimum atomic E-state index is -0.322. The molecule has 0 bridgehead atoms. The molecule has 3 heterocycles. The Bertz CT molecular complexity index is 1080. The molecule has 2 amide bonds. The van der Waals surface area contributed by atoms with Gasteiger partial charge in [0.2, 0.25) is 11.8 Å². The summed E-state index contributed by atoms with van der Waals surface area (Å²) in [5.41, 5.74) is 2.01. The first-order valence-corrected chi connectivity index (χ1v) is 10.9. The van der Waals surface area contributed by atoms with Crippen LogP contribution in [0.4, 0.5) is 4.39 Å². The normalized spacial score (nSPS) is 20.6. The third-order valence-electron chi connectivity index (χ3n) is 6.53. The Kier molecular flexibility index (Phi) is 5.08. The van der Waals surface area contributed by atoms with Crippen molar-refractivity contribution >= 4 is 11.8 Å². The summed E-state index contributed by atoms with van der Waals surface area (Å²) in [6.45, 7) is 2.05. The van der Waals surface area contributed by atoms with E-state index in [1.165, 1.54) is 12.1 Å². The number of benzene rings is 1. The Morgan fingerprint density at radius 3 is 2.61 bits per heavy atom. The molecule has 1 saturated carbocycles. The van der Waals surface area contributed by atoms with E-state index in [-0.39, 0.29) is 41.4 Å². The van der Waals surface area contributed by atoms with Crippen LogP contribution in [0.2, 0.25) is 0 Å². The van der Waals surface area contributed by atoms with Gasteiger partial charge in [-0.05, 0) is 43.4 Å². The summed E-state index contributed by atoms with van der Waals surface area (Å²) in [6, 6.07) is 5.96. The van der Waals surface area contributed by atoms with E-state index in [0.717, 1.165) is 24.8 Å². The molecular formula is C23H25FN4O3. The van der Waals surface area contributed by atoms with Crippen LogP contribution in [-0.4, -0.2) is 51.2 Å². The van der Waals surface area contributed by atoms with Crippen molar-refractivity contribution in [3.8, 4) is 0 Å². The Morgan fingerprint density at radius 2 is 1.87 bits per heavy atom. The molecule has 8 heteroatoms. The highest BCUT2D eigenvalue weighted by atomic mass is 19.1. The van der Waals surface area contributed by atoms with Gasteiger partial charge in [-0.1, -0.05) is 12.1 Å². The van der Waals surface area contributed by atoms with Crippen LogP contribution in [-0.2, 0) is 29.0 Å². The molecule has 2 aromatic rings. The summed E-state index contributed by atoms with van der Waals surface area (Å²) >= 11 is 0. The van der Waals surface area contributed by atoms with Gasteiger partial charge >= 0.3 is 0 Å². The molecule has 1 N–H and O–H groups in total. The number of halogens is 1. The third kappa shape index (κ3) is 4.11. The molecule has 1 saturated heterocycles. The molecule has 2 aliphatic heterocycles. The average molecular weight is 424 g/mol. The zero-order valence-corrected chi connectivity index (χ0v) is 17.3. The van der Waals surface area contributed by atoms with Crippen molar-refractivity contribution in [1.29, 1.82) is 0 Å². The molecule has 162 valence electrons. The van der Waals surface area contributed by atoms with Crippen molar-refractivity contribution in [2.45, 2.75) is 44.6 Å². The number of likely N-dealkylation sites (tertiary alicyclic amines) is 1. The molecule has 5 rings (SSSR count). The Hall–Kier alpha value is -3.03. The fourth-order valence-corrected chi connectivity index (χ4v) is 4.53. The van der Waals surface area contributed by atoms with Crippen LogP contribution >= 0.6 is 0 Å². The van der Waals surface area contributed by atoms with Gasteiger partial charge in [-0.15, -0.1) is 0 Å². The summed E-state index contributed by atoms with van der Waals surface area (Å²) in [7, 11) is 0. The fourth-order valence-electron chi connectivity index (χ4n) is 4.53. The van der Waals surface area contributed by atoms with E-state index in [1.54, 1.807) is 17.0 Å². The SMILES string of the molecule is O=C(Cc1ccc(F)cc1)N1CC[C@@H](c2nc3c(c(=O)[nH]2)CCN(C(=O)C2CC2)C3)C1. The number of fused-ring (bicyclic) bond motifs is 1. The molecule has 31 heavy (non-hydrogen) atoms. The van der Waals surface area contributed by atoms with E-state index >= 15 is 0 Å². The van der Waals surface area contributed by atoms with Crippen molar-refractivity contribution in [1.82, 2.24) is 19.8 Å². The van der Waals surface area contributed by atoms with Crippen LogP contribution in [0.1, 0.15) is 47.8 Å². The standard InChI is InChI=1S/C23H25FN4O3/c24-17-5-1-14(2-6-17)11-20(29)27-9-7-16(12-27)21-25-19-13-28(23(31)15-3-4-15)10-8-18(19)22(30)26-21/h1-2,5-6,15-16H,3-4,7-13H2,(H,25,26,30)/t16-/m1/s1. The fraction of sp³-hybridized carbons (Fsp3) is 0.478. The van der Waals surface area contributed by atoms with Gasteiger partial charge < -0.3 is 14.8 Å². The van der Waals surface area contributed by atoms with Crippen molar-refractivity contribution in [3.05, 3.63) is 63.1 Å². The monoisotopic (exact) mass is 424 g/mol. The van der Waals surface area contributed by atoms with Gasteiger partial charge in [0, 0.05) is 37.0 Å². The lowest BCUT2D eigenvalue weighted by Crippen LogP contribution is -2.40. The van der Waals surface area contributed by atoms with E-state index in [4.69, 9.17) is 4.98 Å². The molecule has 7 nitrogen and oxygen atoms in total. The molecule has 0 unspecified atom stereocenters. The Morgan fingerprint density at radius 1 is 1.10 bits per heavy atom. The van der Waals surface area contributed by atoms with Crippen molar-refractivity contribution in [2.24, 2.45) is 5.92 Å². The molecule has 0 spiro atoms. The van der Waals surface area contributed by atoms with Crippen LogP contribution in [0.15, 0.2) is 29.1 Å². The topological polar surface area (TPSA) is 86.4 Å². The zero-order chi connectivity index (χ0) is 21.5. The van der Waals surface area contributed by atoms with E-state index in [0.29, 0.717) is 49.7 Å². The van der Waals surface area contributed by atoms with Gasteiger partial charge in [0.05, 0.1) is 18.7 Å². The third-order valence-corrected chi connectivity index (χ3v) is 6.53. The first-order chi connectivity index (χ1) is 15.0. The van der Waals surface area contributed by atoms with Crippen molar-refractivity contribution in [3.63, 3.8) is 0 Å². The summed E-state index contributed by atoms with van der Waals surface area (Å²) in [5.74, 6) is 0.547. The number of aromatic nitrogens is 2. The molecule has 1 aromatic carbocycles. The highest BCUT2D eigenvalue weighted by molar-refractivity contribution is 5.81. The molecule has 1 atom stereocenters. The van der Waals surface area contributed by atoms with Crippen molar-refractivity contribution in [2.75, 3.05) is 19.6 Å². The number of H-pyrrole nitrogens is 1. The molecule has 1 aromatic heterocycles. The van der Waals surface area contributed by atoms with Gasteiger partial charge in [0.15, 0.2) is 0 Å². The van der Waals surface area contributed by atoms with Crippen LogP contribution < -0.4 is 5.56 Å². The lowest BCUT2D eigenvalue weighted by molar-refractivity contribution is -0.133. The summed E-state index contributed by atoms with van der Waals surface area (Å²) in [4.78, 5) is 49.0. The van der Waals surface area contributed by atoms with Gasteiger partial charge in [0.25, 0.3) is 5.56 Å². The number of hydrogen-bond donors (Lipinski definition) is 1. The largest absolute Gasteiger partial charge is 0.342 e. The molecule has 2 fully saturated rings. The number of hydrogen-bond acceptors (Lipinski definition) is 4. The average Bonchev–Trinajstić information content (AvgIpc) is 3.50. The predicted octanol–water partition coefficient (Wildman–Crippen LogP) is 1.76. The molecule has 3 aliphatic rings. The maximum absolute atomic E-state index is 13.1. The first kappa shape index (κ1) is 19.9. The second kappa shape index (κ2) is 7.90. The number of nitrogens with one attached hydrogen (secondary N) is 1. The predicted molar refractivity (Wildman–Crippen MR) is 111 cm³/mol. The summed E-state index contributed by atoms with van der Waals surface area (Å²) in [5, 5.41) is 0. The summed E-state index contributed by atoms with van der Waals surface area (Å²) in [6.07, 6.45) is 3.39. The number of nitrogens with zero attached hydrogens (tertiary/aromatic N) is 3. The van der Waals surface area contributed by atoms with E-state index in [2.05, 4.69) is 4.98 Å². The van der Waals surface area contributed by atoms with Crippen molar-refractivity contribution < 1.29 is 14.0 Å². The number of amides is 2. The van der Waals surface area contributed by atoms with Gasteiger partial charge in [-0.25, -0.2) is 9.37 Å². The van der Waals surface area contributed by atoms with Crippen LogP contribution in [0.5, 0.6) is 0 Å². The van der Waals surface area contributed by atoms with E-state index in [1.807, 2.05) is 4.90 Å². The number of carbonyl (C=O) groups excluding carboxylic acids is 2. The quantitative estimate of drug-likeness (QED) is 0.811. The lowest BCUT2D eigenvalue weighted by atomic mass is 10.0.